The molecule has 0 saturated heterocycles. The van der Waals surface area contributed by atoms with Gasteiger partial charge in [0.05, 0.1) is 0 Å². The van der Waals surface area contributed by atoms with Crippen molar-refractivity contribution in [3.8, 4) is 0 Å². The van der Waals surface area contributed by atoms with E-state index < -0.39 is 29.6 Å². The van der Waals surface area contributed by atoms with Crippen LogP contribution in [0.1, 0.15) is 12.5 Å². The number of aliphatic carboxylic acids is 1. The highest BCUT2D eigenvalue weighted by molar-refractivity contribution is 5.86. The molecule has 2 rings (SSSR count). The molecule has 1 aromatic carbocycles. The molecule has 7 heteroatoms. The minimum atomic E-state index is -1.20. The van der Waals surface area contributed by atoms with E-state index in [4.69, 9.17) is 5.11 Å². The summed E-state index contributed by atoms with van der Waals surface area (Å²) < 4.78 is 26.3. The Bertz CT molecular complexity index is 682. The van der Waals surface area contributed by atoms with Crippen LogP contribution >= 0.6 is 0 Å². The number of carboxylic acid groups (broad SMARTS) is 1. The first kappa shape index (κ1) is 14.0. The lowest BCUT2D eigenvalue weighted by Crippen LogP contribution is -2.41. The third-order valence-electron chi connectivity index (χ3n) is 2.91. The van der Waals surface area contributed by atoms with E-state index in [9.17, 15) is 18.4 Å². The Morgan fingerprint density at radius 2 is 2.00 bits per heavy atom. The van der Waals surface area contributed by atoms with Gasteiger partial charge in [-0.2, -0.15) is 0 Å². The number of aromatic amines is 1. The van der Waals surface area contributed by atoms with Crippen LogP contribution in [0, 0.1) is 11.6 Å². The van der Waals surface area contributed by atoms with Crippen molar-refractivity contribution in [2.75, 3.05) is 0 Å². The van der Waals surface area contributed by atoms with Gasteiger partial charge in [-0.3, -0.25) is 4.79 Å². The molecule has 2 aromatic rings. The standard InChI is InChI=1S/C13H12F2N2O3/c1-6(18)17-12(13(19)20)2-7-5-16-11-4-10(15)9(14)3-8(7)11/h3-5,12,16H,2H2,1H3,(H,17,18)(H,19,20). The van der Waals surface area contributed by atoms with Crippen LogP contribution in [0.4, 0.5) is 8.78 Å². The zero-order valence-corrected chi connectivity index (χ0v) is 10.5. The first-order valence-corrected chi connectivity index (χ1v) is 5.83. The monoisotopic (exact) mass is 282 g/mol. The predicted molar refractivity (Wildman–Crippen MR) is 67.2 cm³/mol. The van der Waals surface area contributed by atoms with Gasteiger partial charge in [0, 0.05) is 36.5 Å². The lowest BCUT2D eigenvalue weighted by atomic mass is 10.0. The van der Waals surface area contributed by atoms with Crippen LogP contribution in [-0.2, 0) is 16.0 Å². The van der Waals surface area contributed by atoms with E-state index in [2.05, 4.69) is 10.3 Å². The molecule has 0 bridgehead atoms. The maximum absolute atomic E-state index is 13.2. The molecule has 106 valence electrons. The number of fused-ring (bicyclic) bond motifs is 1. The van der Waals surface area contributed by atoms with Crippen molar-refractivity contribution in [3.63, 3.8) is 0 Å². The largest absolute Gasteiger partial charge is 0.480 e. The molecule has 3 N–H and O–H groups in total. The smallest absolute Gasteiger partial charge is 0.326 e. The second-order valence-electron chi connectivity index (χ2n) is 4.42. The van der Waals surface area contributed by atoms with E-state index in [0.29, 0.717) is 16.5 Å². The Morgan fingerprint density at radius 3 is 2.60 bits per heavy atom. The normalized spacial score (nSPS) is 12.3. The van der Waals surface area contributed by atoms with Crippen molar-refractivity contribution in [2.45, 2.75) is 19.4 Å². The lowest BCUT2D eigenvalue weighted by Gasteiger charge is -2.12. The fraction of sp³-hybridized carbons (Fsp3) is 0.231. The zero-order valence-electron chi connectivity index (χ0n) is 10.5. The Hall–Kier alpha value is -2.44. The first-order valence-electron chi connectivity index (χ1n) is 5.83. The van der Waals surface area contributed by atoms with Crippen molar-refractivity contribution in [3.05, 3.63) is 35.5 Å². The quantitative estimate of drug-likeness (QED) is 0.796. The molecule has 0 aliphatic rings. The fourth-order valence-electron chi connectivity index (χ4n) is 2.01. The van der Waals surface area contributed by atoms with Crippen molar-refractivity contribution >= 4 is 22.8 Å². The number of amides is 1. The number of carboxylic acids is 1. The van der Waals surface area contributed by atoms with Crippen molar-refractivity contribution in [1.82, 2.24) is 10.3 Å². The summed E-state index contributed by atoms with van der Waals surface area (Å²) in [5.41, 5.74) is 0.853. The maximum Gasteiger partial charge on any atom is 0.326 e. The molecule has 20 heavy (non-hydrogen) atoms. The van der Waals surface area contributed by atoms with Crippen molar-refractivity contribution < 1.29 is 23.5 Å². The van der Waals surface area contributed by atoms with Crippen molar-refractivity contribution in [2.24, 2.45) is 0 Å². The van der Waals surface area contributed by atoms with Gasteiger partial charge in [-0.1, -0.05) is 0 Å². The van der Waals surface area contributed by atoms with Crippen LogP contribution in [0.25, 0.3) is 10.9 Å². The number of hydrogen-bond acceptors (Lipinski definition) is 2. The van der Waals surface area contributed by atoms with Gasteiger partial charge in [0.25, 0.3) is 0 Å². The van der Waals surface area contributed by atoms with Crippen LogP contribution in [0.3, 0.4) is 0 Å². The minimum absolute atomic E-state index is 0.0278. The lowest BCUT2D eigenvalue weighted by molar-refractivity contribution is -0.141. The van der Waals surface area contributed by atoms with Gasteiger partial charge in [-0.25, -0.2) is 13.6 Å². The van der Waals surface area contributed by atoms with E-state index in [1.165, 1.54) is 13.1 Å². The zero-order chi connectivity index (χ0) is 14.9. The third-order valence-corrected chi connectivity index (χ3v) is 2.91. The molecular formula is C13H12F2N2O3. The number of aromatic nitrogens is 1. The number of benzene rings is 1. The molecule has 0 saturated carbocycles. The summed E-state index contributed by atoms with van der Waals surface area (Å²) in [6, 6.07) is 0.880. The van der Waals surface area contributed by atoms with Gasteiger partial charge in [-0.05, 0) is 11.6 Å². The summed E-state index contributed by atoms with van der Waals surface area (Å²) in [6.07, 6.45) is 1.45. The fourth-order valence-corrected chi connectivity index (χ4v) is 2.01. The second kappa shape index (κ2) is 5.28. The topological polar surface area (TPSA) is 82.2 Å². The molecular weight excluding hydrogens is 270 g/mol. The average molecular weight is 282 g/mol. The van der Waals surface area contributed by atoms with E-state index in [1.807, 2.05) is 0 Å². The summed E-state index contributed by atoms with van der Waals surface area (Å²) in [5.74, 6) is -3.67. The molecule has 0 aliphatic carbocycles. The number of carbonyl (C=O) groups excluding carboxylic acids is 1. The number of H-pyrrole nitrogens is 1. The molecule has 1 unspecified atom stereocenters. The Morgan fingerprint density at radius 1 is 1.35 bits per heavy atom. The van der Waals surface area contributed by atoms with E-state index in [1.54, 1.807) is 0 Å². The number of rotatable bonds is 4. The highest BCUT2D eigenvalue weighted by atomic mass is 19.2. The van der Waals surface area contributed by atoms with Crippen LogP contribution in [0.5, 0.6) is 0 Å². The number of hydrogen-bond donors (Lipinski definition) is 3. The highest BCUT2D eigenvalue weighted by Crippen LogP contribution is 2.22. The van der Waals surface area contributed by atoms with Gasteiger partial charge >= 0.3 is 5.97 Å². The van der Waals surface area contributed by atoms with Gasteiger partial charge in [-0.15, -0.1) is 0 Å². The molecule has 0 radical (unpaired) electrons. The molecule has 1 aromatic heterocycles. The van der Waals surface area contributed by atoms with E-state index >= 15 is 0 Å². The molecule has 1 heterocycles. The number of carbonyl (C=O) groups is 2. The molecule has 1 amide bonds. The molecule has 0 aliphatic heterocycles. The first-order chi connectivity index (χ1) is 9.38. The SMILES string of the molecule is CC(=O)NC(Cc1c[nH]c2cc(F)c(F)cc12)C(=O)O. The Kier molecular flexibility index (Phi) is 3.69. The summed E-state index contributed by atoms with van der Waals surface area (Å²) in [5, 5.41) is 11.7. The van der Waals surface area contributed by atoms with Crippen LogP contribution < -0.4 is 5.32 Å². The van der Waals surface area contributed by atoms with Gasteiger partial charge in [0.1, 0.15) is 6.04 Å². The molecule has 1 atom stereocenters. The van der Waals surface area contributed by atoms with E-state index in [-0.39, 0.29) is 6.42 Å². The minimum Gasteiger partial charge on any atom is -0.480 e. The van der Waals surface area contributed by atoms with E-state index in [0.717, 1.165) is 12.1 Å². The van der Waals surface area contributed by atoms with Gasteiger partial charge in [0.15, 0.2) is 11.6 Å². The van der Waals surface area contributed by atoms with Crippen LogP contribution in [0.2, 0.25) is 0 Å². The average Bonchev–Trinajstić information content (AvgIpc) is 2.71. The summed E-state index contributed by atoms with van der Waals surface area (Å²) in [7, 11) is 0. The highest BCUT2D eigenvalue weighted by Gasteiger charge is 2.21. The molecule has 0 spiro atoms. The summed E-state index contributed by atoms with van der Waals surface area (Å²) >= 11 is 0. The third kappa shape index (κ3) is 2.76. The van der Waals surface area contributed by atoms with Crippen LogP contribution in [-0.4, -0.2) is 28.0 Å². The van der Waals surface area contributed by atoms with Gasteiger partial charge in [0.2, 0.25) is 5.91 Å². The molecule has 5 nitrogen and oxygen atoms in total. The van der Waals surface area contributed by atoms with Gasteiger partial charge < -0.3 is 15.4 Å². The van der Waals surface area contributed by atoms with Crippen LogP contribution in [0.15, 0.2) is 18.3 Å². The second-order valence-corrected chi connectivity index (χ2v) is 4.42. The summed E-state index contributed by atoms with van der Waals surface area (Å²) in [4.78, 5) is 24.8. The summed E-state index contributed by atoms with van der Waals surface area (Å²) in [6.45, 7) is 1.21. The van der Waals surface area contributed by atoms with Crippen molar-refractivity contribution in [1.29, 1.82) is 0 Å². The Balaban J connectivity index is 2.35. The molecule has 0 fully saturated rings. The predicted octanol–water partition coefficient (Wildman–Crippen LogP) is 1.58. The maximum atomic E-state index is 13.2. The number of nitrogens with one attached hydrogen (secondary N) is 2. The Labute approximate surface area is 112 Å². The number of halogens is 2.